The lowest BCUT2D eigenvalue weighted by Crippen LogP contribution is -2.52. The average Bonchev–Trinajstić information content (AvgIpc) is 3.11. The van der Waals surface area contributed by atoms with E-state index in [2.05, 4.69) is 10.5 Å². The predicted octanol–water partition coefficient (Wildman–Crippen LogP) is 2.46. The van der Waals surface area contributed by atoms with Gasteiger partial charge in [-0.05, 0) is 50.2 Å². The SMILES string of the molecule is O=C(NCC1CC1)C1CCCCN1C(=O)c1cc(-c2ccco2)on1. The van der Waals surface area contributed by atoms with Crippen molar-refractivity contribution in [3.63, 3.8) is 0 Å². The van der Waals surface area contributed by atoms with Crippen molar-refractivity contribution in [3.8, 4) is 11.5 Å². The summed E-state index contributed by atoms with van der Waals surface area (Å²) in [5, 5.41) is 6.85. The smallest absolute Gasteiger partial charge is 0.276 e. The summed E-state index contributed by atoms with van der Waals surface area (Å²) in [7, 11) is 0. The summed E-state index contributed by atoms with van der Waals surface area (Å²) in [4.78, 5) is 27.0. The van der Waals surface area contributed by atoms with E-state index in [1.54, 1.807) is 23.1 Å². The van der Waals surface area contributed by atoms with Crippen molar-refractivity contribution in [2.75, 3.05) is 13.1 Å². The van der Waals surface area contributed by atoms with Crippen molar-refractivity contribution in [2.45, 2.75) is 38.1 Å². The maximum atomic E-state index is 12.8. The monoisotopic (exact) mass is 343 g/mol. The van der Waals surface area contributed by atoms with Crippen molar-refractivity contribution in [2.24, 2.45) is 5.92 Å². The molecule has 1 N–H and O–H groups in total. The molecule has 2 amide bonds. The fourth-order valence-electron chi connectivity index (χ4n) is 3.19. The summed E-state index contributed by atoms with van der Waals surface area (Å²) in [6, 6.07) is 4.62. The normalized spacial score (nSPS) is 20.5. The van der Waals surface area contributed by atoms with E-state index >= 15 is 0 Å². The summed E-state index contributed by atoms with van der Waals surface area (Å²) in [6.45, 7) is 1.27. The van der Waals surface area contributed by atoms with Gasteiger partial charge < -0.3 is 19.2 Å². The second kappa shape index (κ2) is 6.74. The standard InChI is InChI=1S/C18H21N3O4/c22-17(19-11-12-6-7-12)14-4-1-2-8-21(14)18(23)13-10-16(25-20-13)15-5-3-9-24-15/h3,5,9-10,12,14H,1-2,4,6-8,11H2,(H,19,22). The van der Waals surface area contributed by atoms with Gasteiger partial charge in [-0.1, -0.05) is 5.16 Å². The van der Waals surface area contributed by atoms with Gasteiger partial charge in [0.2, 0.25) is 11.7 Å². The molecule has 132 valence electrons. The zero-order chi connectivity index (χ0) is 17.2. The number of hydrogen-bond acceptors (Lipinski definition) is 5. The Kier molecular flexibility index (Phi) is 4.29. The molecular formula is C18H21N3O4. The molecular weight excluding hydrogens is 322 g/mol. The Labute approximate surface area is 145 Å². The Bertz CT molecular complexity index is 748. The molecule has 1 atom stereocenters. The molecule has 1 saturated carbocycles. The van der Waals surface area contributed by atoms with Crippen molar-refractivity contribution in [1.29, 1.82) is 0 Å². The van der Waals surface area contributed by atoms with Crippen LogP contribution < -0.4 is 5.32 Å². The number of amides is 2. The number of hydrogen-bond donors (Lipinski definition) is 1. The van der Waals surface area contributed by atoms with Gasteiger partial charge in [-0.25, -0.2) is 0 Å². The highest BCUT2D eigenvalue weighted by atomic mass is 16.5. The first kappa shape index (κ1) is 15.9. The third kappa shape index (κ3) is 3.45. The third-order valence-corrected chi connectivity index (χ3v) is 4.82. The average molecular weight is 343 g/mol. The Morgan fingerprint density at radius 3 is 2.88 bits per heavy atom. The molecule has 25 heavy (non-hydrogen) atoms. The van der Waals surface area contributed by atoms with Crippen LogP contribution in [0.15, 0.2) is 33.4 Å². The molecule has 0 aromatic carbocycles. The van der Waals surface area contributed by atoms with Gasteiger partial charge >= 0.3 is 0 Å². The van der Waals surface area contributed by atoms with E-state index in [1.807, 2.05) is 0 Å². The molecule has 1 aliphatic heterocycles. The number of aromatic nitrogens is 1. The van der Waals surface area contributed by atoms with Gasteiger partial charge in [-0.2, -0.15) is 0 Å². The molecule has 2 aromatic heterocycles. The summed E-state index contributed by atoms with van der Waals surface area (Å²) < 4.78 is 10.5. The molecule has 7 heteroatoms. The van der Waals surface area contributed by atoms with Gasteiger partial charge in [0.1, 0.15) is 6.04 Å². The highest BCUT2D eigenvalue weighted by Gasteiger charge is 2.34. The number of carbonyl (C=O) groups is 2. The Balaban J connectivity index is 1.47. The van der Waals surface area contributed by atoms with Crippen LogP contribution in [0.2, 0.25) is 0 Å². The van der Waals surface area contributed by atoms with Gasteiger partial charge in [-0.3, -0.25) is 9.59 Å². The molecule has 0 spiro atoms. The van der Waals surface area contributed by atoms with Gasteiger partial charge in [-0.15, -0.1) is 0 Å². The first-order chi connectivity index (χ1) is 12.2. The van der Waals surface area contributed by atoms with E-state index in [1.165, 1.54) is 19.1 Å². The zero-order valence-electron chi connectivity index (χ0n) is 13.9. The highest BCUT2D eigenvalue weighted by Crippen LogP contribution is 2.28. The van der Waals surface area contributed by atoms with E-state index in [4.69, 9.17) is 8.94 Å². The molecule has 2 aromatic rings. The van der Waals surface area contributed by atoms with Crippen LogP contribution in [0.3, 0.4) is 0 Å². The summed E-state index contributed by atoms with van der Waals surface area (Å²) in [6.07, 6.45) is 6.42. The van der Waals surface area contributed by atoms with Crippen LogP contribution >= 0.6 is 0 Å². The topological polar surface area (TPSA) is 88.6 Å². The molecule has 0 radical (unpaired) electrons. The van der Waals surface area contributed by atoms with Crippen LogP contribution in [0.5, 0.6) is 0 Å². The van der Waals surface area contributed by atoms with Gasteiger partial charge in [0, 0.05) is 19.2 Å². The third-order valence-electron chi connectivity index (χ3n) is 4.82. The van der Waals surface area contributed by atoms with Crippen LogP contribution in [0.25, 0.3) is 11.5 Å². The fraction of sp³-hybridized carbons (Fsp3) is 0.500. The minimum Gasteiger partial charge on any atom is -0.461 e. The van der Waals surface area contributed by atoms with Crippen molar-refractivity contribution >= 4 is 11.8 Å². The number of carbonyl (C=O) groups excluding carboxylic acids is 2. The lowest BCUT2D eigenvalue weighted by atomic mass is 10.0. The first-order valence-corrected chi connectivity index (χ1v) is 8.81. The first-order valence-electron chi connectivity index (χ1n) is 8.81. The zero-order valence-corrected chi connectivity index (χ0v) is 13.9. The molecule has 1 unspecified atom stereocenters. The molecule has 1 saturated heterocycles. The summed E-state index contributed by atoms with van der Waals surface area (Å²) in [5.74, 6) is 1.20. The van der Waals surface area contributed by atoms with Crippen molar-refractivity contribution in [1.82, 2.24) is 15.4 Å². The highest BCUT2D eigenvalue weighted by molar-refractivity contribution is 5.96. The number of rotatable bonds is 5. The second-order valence-electron chi connectivity index (χ2n) is 6.75. The number of piperidine rings is 1. The van der Waals surface area contributed by atoms with Crippen LogP contribution in [0, 0.1) is 5.92 Å². The Hall–Kier alpha value is -2.57. The summed E-state index contributed by atoms with van der Waals surface area (Å²) >= 11 is 0. The Morgan fingerprint density at radius 1 is 1.24 bits per heavy atom. The minimum atomic E-state index is -0.427. The molecule has 2 fully saturated rings. The van der Waals surface area contributed by atoms with Crippen molar-refractivity contribution in [3.05, 3.63) is 30.2 Å². The van der Waals surface area contributed by atoms with Crippen molar-refractivity contribution < 1.29 is 18.5 Å². The lowest BCUT2D eigenvalue weighted by Gasteiger charge is -2.34. The molecule has 4 rings (SSSR count). The van der Waals surface area contributed by atoms with Gasteiger partial charge in [0.15, 0.2) is 11.5 Å². The Morgan fingerprint density at radius 2 is 2.12 bits per heavy atom. The van der Waals surface area contributed by atoms with Crippen LogP contribution in [0.4, 0.5) is 0 Å². The molecule has 0 bridgehead atoms. The molecule has 2 aliphatic rings. The van der Waals surface area contributed by atoms with E-state index in [0.717, 1.165) is 12.8 Å². The second-order valence-corrected chi connectivity index (χ2v) is 6.75. The van der Waals surface area contributed by atoms with Crippen LogP contribution in [0.1, 0.15) is 42.6 Å². The molecule has 7 nitrogen and oxygen atoms in total. The molecule has 1 aliphatic carbocycles. The molecule has 3 heterocycles. The minimum absolute atomic E-state index is 0.0605. The number of nitrogens with one attached hydrogen (secondary N) is 1. The largest absolute Gasteiger partial charge is 0.461 e. The maximum Gasteiger partial charge on any atom is 0.276 e. The van der Waals surface area contributed by atoms with Gasteiger partial charge in [0.05, 0.1) is 6.26 Å². The van der Waals surface area contributed by atoms with E-state index in [0.29, 0.717) is 36.9 Å². The van der Waals surface area contributed by atoms with E-state index < -0.39 is 6.04 Å². The van der Waals surface area contributed by atoms with Crippen LogP contribution in [-0.4, -0.2) is 41.0 Å². The quantitative estimate of drug-likeness (QED) is 0.901. The van der Waals surface area contributed by atoms with Gasteiger partial charge in [0.25, 0.3) is 5.91 Å². The van der Waals surface area contributed by atoms with E-state index in [-0.39, 0.29) is 17.5 Å². The van der Waals surface area contributed by atoms with E-state index in [9.17, 15) is 9.59 Å². The lowest BCUT2D eigenvalue weighted by molar-refractivity contribution is -0.126. The fourth-order valence-corrected chi connectivity index (χ4v) is 3.19. The number of likely N-dealkylation sites (tertiary alicyclic amines) is 1. The maximum absolute atomic E-state index is 12.8. The number of nitrogens with zero attached hydrogens (tertiary/aromatic N) is 2. The number of furan rings is 1. The predicted molar refractivity (Wildman–Crippen MR) is 88.6 cm³/mol. The van der Waals surface area contributed by atoms with Crippen LogP contribution in [-0.2, 0) is 4.79 Å². The summed E-state index contributed by atoms with van der Waals surface area (Å²) in [5.41, 5.74) is 0.202.